The Balaban J connectivity index is 1.47. The summed E-state index contributed by atoms with van der Waals surface area (Å²) in [7, 11) is 0. The van der Waals surface area contributed by atoms with Gasteiger partial charge in [-0.15, -0.1) is 0 Å². The van der Waals surface area contributed by atoms with Crippen molar-refractivity contribution < 1.29 is 19.1 Å². The Bertz CT molecular complexity index is 822. The lowest BCUT2D eigenvalue weighted by atomic mass is 10.1. The molecule has 2 heterocycles. The molecule has 1 N–H and O–H groups in total. The molecule has 26 heavy (non-hydrogen) atoms. The van der Waals surface area contributed by atoms with E-state index in [1.165, 1.54) is 0 Å². The van der Waals surface area contributed by atoms with Gasteiger partial charge in [0.15, 0.2) is 11.5 Å². The van der Waals surface area contributed by atoms with Gasteiger partial charge in [-0.1, -0.05) is 30.3 Å². The summed E-state index contributed by atoms with van der Waals surface area (Å²) in [5, 5.41) is 2.90. The minimum absolute atomic E-state index is 0.0103. The van der Waals surface area contributed by atoms with Crippen molar-refractivity contribution in [2.75, 3.05) is 18.5 Å². The summed E-state index contributed by atoms with van der Waals surface area (Å²) >= 11 is 0. The zero-order valence-corrected chi connectivity index (χ0v) is 14.3. The van der Waals surface area contributed by atoms with Crippen LogP contribution in [0, 0.1) is 0 Å². The van der Waals surface area contributed by atoms with Crippen LogP contribution in [0.2, 0.25) is 0 Å². The third-order valence-corrected chi connectivity index (χ3v) is 4.64. The zero-order valence-electron chi connectivity index (χ0n) is 14.3. The predicted octanol–water partition coefficient (Wildman–Crippen LogP) is 2.59. The van der Waals surface area contributed by atoms with Gasteiger partial charge in [-0.05, 0) is 24.1 Å². The Morgan fingerprint density at radius 3 is 2.65 bits per heavy atom. The molecular weight excluding hydrogens is 332 g/mol. The van der Waals surface area contributed by atoms with Crippen molar-refractivity contribution in [2.24, 2.45) is 0 Å². The van der Waals surface area contributed by atoms with Crippen LogP contribution in [0.5, 0.6) is 11.5 Å². The summed E-state index contributed by atoms with van der Waals surface area (Å²) in [6, 6.07) is 14.6. The highest BCUT2D eigenvalue weighted by Gasteiger charge is 2.36. The lowest BCUT2D eigenvalue weighted by Crippen LogP contribution is -2.41. The molecule has 1 saturated heterocycles. The van der Waals surface area contributed by atoms with Gasteiger partial charge < -0.3 is 19.7 Å². The molecule has 1 unspecified atom stereocenters. The average Bonchev–Trinajstić information content (AvgIpc) is 3.03. The Hall–Kier alpha value is -3.02. The van der Waals surface area contributed by atoms with Crippen LogP contribution in [0.15, 0.2) is 48.5 Å². The second kappa shape index (κ2) is 7.07. The topological polar surface area (TPSA) is 67.9 Å². The van der Waals surface area contributed by atoms with E-state index in [9.17, 15) is 9.59 Å². The highest BCUT2D eigenvalue weighted by molar-refractivity contribution is 5.99. The molecule has 0 aliphatic carbocycles. The predicted molar refractivity (Wildman–Crippen MR) is 96.1 cm³/mol. The van der Waals surface area contributed by atoms with E-state index in [0.29, 0.717) is 49.8 Å². The number of rotatable bonds is 4. The smallest absolute Gasteiger partial charge is 0.247 e. The first-order chi connectivity index (χ1) is 12.7. The van der Waals surface area contributed by atoms with Gasteiger partial charge in [0.1, 0.15) is 19.3 Å². The van der Waals surface area contributed by atoms with Crippen LogP contribution in [0.1, 0.15) is 18.4 Å². The van der Waals surface area contributed by atoms with Gasteiger partial charge in [0.25, 0.3) is 0 Å². The third kappa shape index (κ3) is 3.35. The van der Waals surface area contributed by atoms with E-state index in [0.717, 1.165) is 5.56 Å². The third-order valence-electron chi connectivity index (χ3n) is 4.64. The zero-order chi connectivity index (χ0) is 17.9. The molecule has 2 aliphatic heterocycles. The lowest BCUT2D eigenvalue weighted by Gasteiger charge is -2.24. The van der Waals surface area contributed by atoms with Crippen LogP contribution in [0.4, 0.5) is 5.69 Å². The number of benzene rings is 2. The first-order valence-electron chi connectivity index (χ1n) is 8.74. The van der Waals surface area contributed by atoms with Gasteiger partial charge in [0.2, 0.25) is 11.8 Å². The van der Waals surface area contributed by atoms with E-state index in [1.54, 1.807) is 23.1 Å². The van der Waals surface area contributed by atoms with Crippen molar-refractivity contribution in [1.82, 2.24) is 4.90 Å². The SMILES string of the molecule is O=C(Nc1ccc2c(c1)OCCO2)C1CCC(=O)N1Cc1ccccc1. The number of hydrogen-bond donors (Lipinski definition) is 1. The summed E-state index contributed by atoms with van der Waals surface area (Å²) in [5.41, 5.74) is 1.65. The van der Waals surface area contributed by atoms with Gasteiger partial charge in [0.05, 0.1) is 0 Å². The molecule has 1 atom stereocenters. The van der Waals surface area contributed by atoms with Gasteiger partial charge in [-0.25, -0.2) is 0 Å². The number of likely N-dealkylation sites (tertiary alicyclic amines) is 1. The molecule has 134 valence electrons. The van der Waals surface area contributed by atoms with Crippen LogP contribution in [-0.2, 0) is 16.1 Å². The molecule has 1 fully saturated rings. The van der Waals surface area contributed by atoms with Crippen LogP contribution >= 0.6 is 0 Å². The summed E-state index contributed by atoms with van der Waals surface area (Å²) < 4.78 is 11.0. The summed E-state index contributed by atoms with van der Waals surface area (Å²) in [4.78, 5) is 26.7. The fourth-order valence-electron chi connectivity index (χ4n) is 3.33. The molecule has 6 heteroatoms. The quantitative estimate of drug-likeness (QED) is 0.918. The van der Waals surface area contributed by atoms with Crippen molar-refractivity contribution in [3.05, 3.63) is 54.1 Å². The number of anilines is 1. The molecule has 0 bridgehead atoms. The molecular formula is C20H20N2O4. The number of fused-ring (bicyclic) bond motifs is 1. The minimum Gasteiger partial charge on any atom is -0.486 e. The summed E-state index contributed by atoms with van der Waals surface area (Å²) in [6.45, 7) is 1.46. The summed E-state index contributed by atoms with van der Waals surface area (Å²) in [6.07, 6.45) is 0.925. The van der Waals surface area contributed by atoms with Crippen LogP contribution in [-0.4, -0.2) is 36.0 Å². The molecule has 2 amide bonds. The number of nitrogens with zero attached hydrogens (tertiary/aromatic N) is 1. The number of nitrogens with one attached hydrogen (secondary N) is 1. The van der Waals surface area contributed by atoms with E-state index in [1.807, 2.05) is 30.3 Å². The molecule has 2 aliphatic rings. The van der Waals surface area contributed by atoms with E-state index < -0.39 is 6.04 Å². The van der Waals surface area contributed by atoms with Crippen LogP contribution in [0.3, 0.4) is 0 Å². The van der Waals surface area contributed by atoms with E-state index in [2.05, 4.69) is 5.32 Å². The molecule has 4 rings (SSSR count). The van der Waals surface area contributed by atoms with Gasteiger partial charge >= 0.3 is 0 Å². The molecule has 0 aromatic heterocycles. The molecule has 6 nitrogen and oxygen atoms in total. The molecule has 0 radical (unpaired) electrons. The average molecular weight is 352 g/mol. The second-order valence-electron chi connectivity index (χ2n) is 6.41. The van der Waals surface area contributed by atoms with Crippen molar-refractivity contribution in [3.8, 4) is 11.5 Å². The summed E-state index contributed by atoms with van der Waals surface area (Å²) in [5.74, 6) is 1.13. The standard InChI is InChI=1S/C20H20N2O4/c23-19-9-7-16(22(19)13-14-4-2-1-3-5-14)20(24)21-15-6-8-17-18(12-15)26-11-10-25-17/h1-6,8,12,16H,7,9-11,13H2,(H,21,24). The lowest BCUT2D eigenvalue weighted by molar-refractivity contribution is -0.133. The normalized spacial score (nSPS) is 18.7. The van der Waals surface area contributed by atoms with Crippen molar-refractivity contribution in [1.29, 1.82) is 0 Å². The first-order valence-corrected chi connectivity index (χ1v) is 8.74. The van der Waals surface area contributed by atoms with Crippen LogP contribution < -0.4 is 14.8 Å². The monoisotopic (exact) mass is 352 g/mol. The Morgan fingerprint density at radius 2 is 1.85 bits per heavy atom. The fourth-order valence-corrected chi connectivity index (χ4v) is 3.33. The van der Waals surface area contributed by atoms with E-state index >= 15 is 0 Å². The maximum Gasteiger partial charge on any atom is 0.247 e. The van der Waals surface area contributed by atoms with E-state index in [4.69, 9.17) is 9.47 Å². The maximum atomic E-state index is 12.8. The Morgan fingerprint density at radius 1 is 1.08 bits per heavy atom. The minimum atomic E-state index is -0.462. The number of hydrogen-bond acceptors (Lipinski definition) is 4. The molecule has 0 saturated carbocycles. The van der Waals surface area contributed by atoms with Crippen molar-refractivity contribution in [2.45, 2.75) is 25.4 Å². The highest BCUT2D eigenvalue weighted by Crippen LogP contribution is 2.33. The van der Waals surface area contributed by atoms with Crippen LogP contribution in [0.25, 0.3) is 0 Å². The first kappa shape index (κ1) is 16.4. The second-order valence-corrected chi connectivity index (χ2v) is 6.41. The highest BCUT2D eigenvalue weighted by atomic mass is 16.6. The molecule has 2 aromatic rings. The van der Waals surface area contributed by atoms with Crippen molar-refractivity contribution >= 4 is 17.5 Å². The Kier molecular flexibility index (Phi) is 4.48. The maximum absolute atomic E-state index is 12.8. The fraction of sp³-hybridized carbons (Fsp3) is 0.300. The Labute approximate surface area is 151 Å². The van der Waals surface area contributed by atoms with E-state index in [-0.39, 0.29) is 11.8 Å². The molecule has 2 aromatic carbocycles. The molecule has 0 spiro atoms. The number of amides is 2. The number of carbonyl (C=O) groups excluding carboxylic acids is 2. The number of carbonyl (C=O) groups is 2. The van der Waals surface area contributed by atoms with Gasteiger partial charge in [0, 0.05) is 24.7 Å². The van der Waals surface area contributed by atoms with Gasteiger partial charge in [-0.3, -0.25) is 9.59 Å². The van der Waals surface area contributed by atoms with Crippen molar-refractivity contribution in [3.63, 3.8) is 0 Å². The largest absolute Gasteiger partial charge is 0.486 e. The van der Waals surface area contributed by atoms with Gasteiger partial charge in [-0.2, -0.15) is 0 Å². The number of ether oxygens (including phenoxy) is 2.